The van der Waals surface area contributed by atoms with Crippen molar-refractivity contribution in [1.29, 1.82) is 0 Å². The second kappa shape index (κ2) is 6.33. The van der Waals surface area contributed by atoms with E-state index in [-0.39, 0.29) is 18.8 Å². The van der Waals surface area contributed by atoms with Crippen LogP contribution in [0.2, 0.25) is 0 Å². The second-order valence-electron chi connectivity index (χ2n) is 4.10. The van der Waals surface area contributed by atoms with Gasteiger partial charge >= 0.3 is 12.0 Å². The number of rotatable bonds is 6. The minimum atomic E-state index is -0.627. The molecule has 0 saturated carbocycles. The van der Waals surface area contributed by atoms with Crippen molar-refractivity contribution >= 4 is 29.2 Å². The third-order valence-corrected chi connectivity index (χ3v) is 3.62. The van der Waals surface area contributed by atoms with Crippen LogP contribution in [0.4, 0.5) is 4.79 Å². The normalized spacial score (nSPS) is 18.0. The number of amides is 3. The zero-order chi connectivity index (χ0) is 13.7. The van der Waals surface area contributed by atoms with Crippen LogP contribution in [0.5, 0.6) is 0 Å². The Labute approximate surface area is 114 Å². The molecule has 0 unspecified atom stereocenters. The van der Waals surface area contributed by atoms with Crippen LogP contribution in [0.25, 0.3) is 0 Å². The van der Waals surface area contributed by atoms with Crippen molar-refractivity contribution < 1.29 is 19.1 Å². The highest BCUT2D eigenvalue weighted by atomic mass is 32.1. The van der Waals surface area contributed by atoms with Crippen LogP contribution in [0.1, 0.15) is 17.7 Å². The topological polar surface area (TPSA) is 84.5 Å². The lowest BCUT2D eigenvalue weighted by Crippen LogP contribution is -2.29. The van der Waals surface area contributed by atoms with E-state index in [0.29, 0.717) is 13.0 Å². The Balaban J connectivity index is 1.62. The summed E-state index contributed by atoms with van der Waals surface area (Å²) in [4.78, 5) is 34.7. The van der Waals surface area contributed by atoms with Crippen LogP contribution < -0.4 is 10.6 Å². The van der Waals surface area contributed by atoms with Gasteiger partial charge in [-0.15, -0.1) is 11.3 Å². The molecule has 102 valence electrons. The average molecular weight is 282 g/mol. The van der Waals surface area contributed by atoms with E-state index in [1.807, 2.05) is 17.5 Å². The molecular formula is C12H14N2O4S. The molecule has 0 spiro atoms. The van der Waals surface area contributed by atoms with Crippen LogP contribution in [-0.2, 0) is 20.7 Å². The number of hydrogen-bond acceptors (Lipinski definition) is 5. The molecule has 3 amide bonds. The fourth-order valence-electron chi connectivity index (χ4n) is 1.72. The lowest BCUT2D eigenvalue weighted by molar-refractivity contribution is -0.143. The van der Waals surface area contributed by atoms with Crippen LogP contribution in [0.3, 0.4) is 0 Å². The van der Waals surface area contributed by atoms with E-state index in [1.165, 1.54) is 0 Å². The molecule has 7 heteroatoms. The fourth-order valence-corrected chi connectivity index (χ4v) is 2.41. The molecule has 0 aromatic carbocycles. The number of urea groups is 1. The van der Waals surface area contributed by atoms with Gasteiger partial charge in [0.05, 0.1) is 6.61 Å². The first-order valence-electron chi connectivity index (χ1n) is 5.94. The molecule has 1 aromatic rings. The van der Waals surface area contributed by atoms with E-state index in [9.17, 15) is 14.4 Å². The molecule has 1 atom stereocenters. The van der Waals surface area contributed by atoms with E-state index in [4.69, 9.17) is 4.74 Å². The van der Waals surface area contributed by atoms with Crippen molar-refractivity contribution in [1.82, 2.24) is 10.6 Å². The maximum Gasteiger partial charge on any atom is 0.322 e. The van der Waals surface area contributed by atoms with Crippen molar-refractivity contribution in [3.8, 4) is 0 Å². The predicted molar refractivity (Wildman–Crippen MR) is 68.7 cm³/mol. The van der Waals surface area contributed by atoms with Gasteiger partial charge in [0.15, 0.2) is 0 Å². The number of esters is 1. The van der Waals surface area contributed by atoms with Gasteiger partial charge in [0.1, 0.15) is 6.04 Å². The van der Waals surface area contributed by atoms with Crippen molar-refractivity contribution in [3.05, 3.63) is 22.4 Å². The van der Waals surface area contributed by atoms with Gasteiger partial charge in [-0.25, -0.2) is 4.79 Å². The SMILES string of the molecule is O=C1NC(=O)[C@H](CCC(=O)OCCc2cccs2)N1. The largest absolute Gasteiger partial charge is 0.465 e. The molecule has 1 aliphatic rings. The lowest BCUT2D eigenvalue weighted by Gasteiger charge is -2.07. The van der Waals surface area contributed by atoms with Crippen LogP contribution in [0, 0.1) is 0 Å². The molecule has 1 aliphatic heterocycles. The maximum atomic E-state index is 11.5. The van der Waals surface area contributed by atoms with Crippen LogP contribution in [0.15, 0.2) is 17.5 Å². The Hall–Kier alpha value is -1.89. The van der Waals surface area contributed by atoms with Gasteiger partial charge in [-0.2, -0.15) is 0 Å². The molecule has 1 fully saturated rings. The van der Waals surface area contributed by atoms with Gasteiger partial charge < -0.3 is 10.1 Å². The summed E-state index contributed by atoms with van der Waals surface area (Å²) in [6.07, 6.45) is 1.07. The average Bonchev–Trinajstić information content (AvgIpc) is 2.97. The van der Waals surface area contributed by atoms with Crippen molar-refractivity contribution in [2.45, 2.75) is 25.3 Å². The molecule has 19 heavy (non-hydrogen) atoms. The smallest absolute Gasteiger partial charge is 0.322 e. The van der Waals surface area contributed by atoms with Crippen LogP contribution in [-0.4, -0.2) is 30.6 Å². The monoisotopic (exact) mass is 282 g/mol. The summed E-state index contributed by atoms with van der Waals surface area (Å²) in [5.74, 6) is -0.748. The summed E-state index contributed by atoms with van der Waals surface area (Å²) in [7, 11) is 0. The lowest BCUT2D eigenvalue weighted by atomic mass is 10.1. The van der Waals surface area contributed by atoms with Gasteiger partial charge in [0, 0.05) is 17.7 Å². The first kappa shape index (κ1) is 13.5. The summed E-state index contributed by atoms with van der Waals surface area (Å²) < 4.78 is 5.06. The summed E-state index contributed by atoms with van der Waals surface area (Å²) >= 11 is 1.62. The number of thiophene rings is 1. The fraction of sp³-hybridized carbons (Fsp3) is 0.417. The summed E-state index contributed by atoms with van der Waals surface area (Å²) in [5, 5.41) is 6.52. The Morgan fingerprint density at radius 2 is 2.26 bits per heavy atom. The molecule has 0 bridgehead atoms. The number of hydrogen-bond donors (Lipinski definition) is 2. The van der Waals surface area contributed by atoms with Crippen molar-refractivity contribution in [3.63, 3.8) is 0 Å². The number of carbonyl (C=O) groups excluding carboxylic acids is 3. The standard InChI is InChI=1S/C12H14N2O4S/c15-10(18-6-5-8-2-1-7-19-8)4-3-9-11(16)14-12(17)13-9/h1-2,7,9H,3-6H2,(H2,13,14,16,17)/t9-/m0/s1. The first-order chi connectivity index (χ1) is 9.15. The Bertz CT molecular complexity index is 472. The zero-order valence-corrected chi connectivity index (χ0v) is 11.0. The first-order valence-corrected chi connectivity index (χ1v) is 6.82. The Morgan fingerprint density at radius 3 is 2.89 bits per heavy atom. The number of nitrogens with one attached hydrogen (secondary N) is 2. The number of carbonyl (C=O) groups is 3. The third-order valence-electron chi connectivity index (χ3n) is 2.69. The molecule has 2 rings (SSSR count). The summed E-state index contributed by atoms with van der Waals surface area (Å²) in [5.41, 5.74) is 0. The van der Waals surface area contributed by atoms with Gasteiger partial charge in [-0.1, -0.05) is 6.07 Å². The van der Waals surface area contributed by atoms with E-state index >= 15 is 0 Å². The molecule has 0 radical (unpaired) electrons. The predicted octanol–water partition coefficient (Wildman–Crippen LogP) is 0.822. The molecule has 6 nitrogen and oxygen atoms in total. The van der Waals surface area contributed by atoms with E-state index in [0.717, 1.165) is 4.88 Å². The molecule has 1 saturated heterocycles. The van der Waals surface area contributed by atoms with Crippen molar-refractivity contribution in [2.75, 3.05) is 6.61 Å². The summed E-state index contributed by atoms with van der Waals surface area (Å²) in [6.45, 7) is 0.336. The van der Waals surface area contributed by atoms with E-state index in [1.54, 1.807) is 11.3 Å². The third kappa shape index (κ3) is 4.06. The highest BCUT2D eigenvalue weighted by Crippen LogP contribution is 2.09. The Kier molecular flexibility index (Phi) is 4.51. The van der Waals surface area contributed by atoms with E-state index < -0.39 is 18.0 Å². The minimum absolute atomic E-state index is 0.114. The zero-order valence-electron chi connectivity index (χ0n) is 10.2. The van der Waals surface area contributed by atoms with Gasteiger partial charge in [-0.3, -0.25) is 14.9 Å². The van der Waals surface area contributed by atoms with E-state index in [2.05, 4.69) is 10.6 Å². The molecule has 2 heterocycles. The van der Waals surface area contributed by atoms with Gasteiger partial charge in [0.2, 0.25) is 0 Å². The molecule has 0 aliphatic carbocycles. The van der Waals surface area contributed by atoms with Crippen molar-refractivity contribution in [2.24, 2.45) is 0 Å². The Morgan fingerprint density at radius 1 is 1.42 bits per heavy atom. The summed E-state index contributed by atoms with van der Waals surface area (Å²) in [6, 6.07) is 2.79. The highest BCUT2D eigenvalue weighted by Gasteiger charge is 2.29. The van der Waals surface area contributed by atoms with Crippen LogP contribution >= 0.6 is 11.3 Å². The molecule has 1 aromatic heterocycles. The number of imide groups is 1. The quantitative estimate of drug-likeness (QED) is 0.597. The van der Waals surface area contributed by atoms with Gasteiger partial charge in [0.25, 0.3) is 5.91 Å². The maximum absolute atomic E-state index is 11.5. The van der Waals surface area contributed by atoms with Gasteiger partial charge in [-0.05, 0) is 17.9 Å². The molecular weight excluding hydrogens is 268 g/mol. The highest BCUT2D eigenvalue weighted by molar-refractivity contribution is 7.09. The molecule has 2 N–H and O–H groups in total. The number of ether oxygens (including phenoxy) is 1. The second-order valence-corrected chi connectivity index (χ2v) is 5.14. The minimum Gasteiger partial charge on any atom is -0.465 e.